The first kappa shape index (κ1) is 30.7. The van der Waals surface area contributed by atoms with Crippen LogP contribution in [0, 0.1) is 5.92 Å². The molecule has 0 aliphatic rings. The number of nitrogens with one attached hydrogen (secondary N) is 3. The molecule has 0 radical (unpaired) electrons. The topological polar surface area (TPSA) is 257 Å². The standard InChI is InChI=1S/C20H36N6O8/c1-10(2)16(19(32)24-12(20(33)34)6-7-14(23)27)26-18(31)13(9-15(28)29)25-17(30)11(22)5-3-4-8-21/h10-13,16H,3-9,21-22H2,1-2H3,(H2,23,27)(H,24,32)(H,25,30)(H,26,31)(H,28,29)(H,33,34). The Morgan fingerprint density at radius 2 is 1.41 bits per heavy atom. The highest BCUT2D eigenvalue weighted by atomic mass is 16.4. The first-order valence-electron chi connectivity index (χ1n) is 10.9. The fourth-order valence-corrected chi connectivity index (χ4v) is 2.90. The van der Waals surface area contributed by atoms with Crippen molar-refractivity contribution in [2.24, 2.45) is 23.1 Å². The summed E-state index contributed by atoms with van der Waals surface area (Å²) in [4.78, 5) is 71.3. The minimum atomic E-state index is -1.52. The predicted molar refractivity (Wildman–Crippen MR) is 120 cm³/mol. The third-order valence-electron chi connectivity index (χ3n) is 4.86. The molecule has 0 heterocycles. The Bertz CT molecular complexity index is 745. The first-order valence-corrected chi connectivity index (χ1v) is 10.9. The maximum absolute atomic E-state index is 12.7. The number of unbranched alkanes of at least 4 members (excludes halogenated alkanes) is 1. The highest BCUT2D eigenvalue weighted by Crippen LogP contribution is 2.07. The van der Waals surface area contributed by atoms with Gasteiger partial charge in [-0.15, -0.1) is 0 Å². The largest absolute Gasteiger partial charge is 0.481 e. The van der Waals surface area contributed by atoms with Gasteiger partial charge in [-0.3, -0.25) is 24.0 Å². The molecule has 0 aliphatic carbocycles. The number of primary amides is 1. The molecule has 14 nitrogen and oxygen atoms in total. The number of hydrogen-bond donors (Lipinski definition) is 8. The second kappa shape index (κ2) is 15.6. The van der Waals surface area contributed by atoms with Gasteiger partial charge in [-0.2, -0.15) is 0 Å². The zero-order chi connectivity index (χ0) is 26.4. The summed E-state index contributed by atoms with van der Waals surface area (Å²) >= 11 is 0. The number of carbonyl (C=O) groups is 6. The minimum absolute atomic E-state index is 0.255. The van der Waals surface area contributed by atoms with Gasteiger partial charge >= 0.3 is 11.9 Å². The third kappa shape index (κ3) is 12.1. The Kier molecular flexibility index (Phi) is 14.1. The Morgan fingerprint density at radius 3 is 1.88 bits per heavy atom. The van der Waals surface area contributed by atoms with Gasteiger partial charge in [-0.25, -0.2) is 4.79 Å². The maximum Gasteiger partial charge on any atom is 0.326 e. The van der Waals surface area contributed by atoms with Crippen molar-refractivity contribution in [3.8, 4) is 0 Å². The Balaban J connectivity index is 5.37. The van der Waals surface area contributed by atoms with Crippen LogP contribution in [0.3, 0.4) is 0 Å². The summed E-state index contributed by atoms with van der Waals surface area (Å²) in [5.74, 6) is -6.61. The van der Waals surface area contributed by atoms with Gasteiger partial charge in [0, 0.05) is 6.42 Å². The molecule has 0 rings (SSSR count). The molecule has 0 saturated heterocycles. The molecule has 4 amide bonds. The molecule has 0 aliphatic heterocycles. The van der Waals surface area contributed by atoms with Gasteiger partial charge < -0.3 is 43.4 Å². The lowest BCUT2D eigenvalue weighted by atomic mass is 10.0. The molecule has 4 atom stereocenters. The van der Waals surface area contributed by atoms with Crippen LogP contribution in [0.5, 0.6) is 0 Å². The van der Waals surface area contributed by atoms with E-state index in [9.17, 15) is 33.9 Å². The normalized spacial score (nSPS) is 14.4. The summed E-state index contributed by atoms with van der Waals surface area (Å²) in [6.07, 6.45) is 0.182. The van der Waals surface area contributed by atoms with E-state index in [1.807, 2.05) is 0 Å². The number of nitrogens with two attached hydrogens (primary N) is 3. The summed E-state index contributed by atoms with van der Waals surface area (Å²) in [6, 6.07) is -5.19. The number of amides is 4. The Labute approximate surface area is 197 Å². The first-order chi connectivity index (χ1) is 15.8. The zero-order valence-electron chi connectivity index (χ0n) is 19.4. The monoisotopic (exact) mass is 488 g/mol. The van der Waals surface area contributed by atoms with Crippen LogP contribution >= 0.6 is 0 Å². The lowest BCUT2D eigenvalue weighted by Gasteiger charge is -2.26. The van der Waals surface area contributed by atoms with Crippen LogP contribution in [0.25, 0.3) is 0 Å². The summed E-state index contributed by atoms with van der Waals surface area (Å²) < 4.78 is 0. The SMILES string of the molecule is CC(C)C(NC(=O)C(CC(=O)O)NC(=O)C(N)CCCCN)C(=O)NC(CCC(N)=O)C(=O)O. The van der Waals surface area contributed by atoms with Gasteiger partial charge in [-0.1, -0.05) is 20.3 Å². The molecule has 0 fully saturated rings. The number of hydrogen-bond acceptors (Lipinski definition) is 8. The lowest BCUT2D eigenvalue weighted by molar-refractivity contribution is -0.143. The number of carboxylic acids is 2. The Hall–Kier alpha value is -3.26. The molecule has 0 aromatic heterocycles. The van der Waals surface area contributed by atoms with Crippen molar-refractivity contribution in [3.05, 3.63) is 0 Å². The highest BCUT2D eigenvalue weighted by Gasteiger charge is 2.32. The molecule has 14 heteroatoms. The van der Waals surface area contributed by atoms with E-state index in [1.54, 1.807) is 13.8 Å². The van der Waals surface area contributed by atoms with E-state index < -0.39 is 72.1 Å². The Morgan fingerprint density at radius 1 is 0.824 bits per heavy atom. The molecule has 0 aromatic rings. The van der Waals surface area contributed by atoms with E-state index in [4.69, 9.17) is 22.3 Å². The van der Waals surface area contributed by atoms with E-state index in [2.05, 4.69) is 16.0 Å². The van der Waals surface area contributed by atoms with E-state index in [-0.39, 0.29) is 19.3 Å². The third-order valence-corrected chi connectivity index (χ3v) is 4.86. The van der Waals surface area contributed by atoms with E-state index >= 15 is 0 Å². The smallest absolute Gasteiger partial charge is 0.326 e. The predicted octanol–water partition coefficient (Wildman–Crippen LogP) is -2.62. The fourth-order valence-electron chi connectivity index (χ4n) is 2.90. The summed E-state index contributed by atoms with van der Waals surface area (Å²) in [7, 11) is 0. The second-order valence-electron chi connectivity index (χ2n) is 8.18. The summed E-state index contributed by atoms with van der Waals surface area (Å²) in [6.45, 7) is 3.56. The van der Waals surface area contributed by atoms with E-state index in [0.29, 0.717) is 19.4 Å². The van der Waals surface area contributed by atoms with Gasteiger partial charge in [0.05, 0.1) is 12.5 Å². The van der Waals surface area contributed by atoms with Gasteiger partial charge in [0.2, 0.25) is 23.6 Å². The van der Waals surface area contributed by atoms with Crippen molar-refractivity contribution in [2.45, 2.75) is 76.5 Å². The number of carbonyl (C=O) groups excluding carboxylic acids is 4. The van der Waals surface area contributed by atoms with Gasteiger partial charge in [0.15, 0.2) is 0 Å². The van der Waals surface area contributed by atoms with Crippen molar-refractivity contribution in [1.29, 1.82) is 0 Å². The molecule has 34 heavy (non-hydrogen) atoms. The number of carboxylic acid groups (broad SMARTS) is 2. The number of rotatable bonds is 17. The average molecular weight is 489 g/mol. The van der Waals surface area contributed by atoms with Crippen LogP contribution in [0.4, 0.5) is 0 Å². The average Bonchev–Trinajstić information content (AvgIpc) is 2.73. The van der Waals surface area contributed by atoms with Crippen molar-refractivity contribution in [3.63, 3.8) is 0 Å². The van der Waals surface area contributed by atoms with E-state index in [0.717, 1.165) is 0 Å². The van der Waals surface area contributed by atoms with Crippen molar-refractivity contribution >= 4 is 35.6 Å². The van der Waals surface area contributed by atoms with Gasteiger partial charge in [-0.05, 0) is 31.7 Å². The van der Waals surface area contributed by atoms with Crippen LogP contribution in [0.1, 0.15) is 52.4 Å². The van der Waals surface area contributed by atoms with Crippen LogP contribution in [-0.4, -0.2) is 76.5 Å². The molecule has 194 valence electrons. The van der Waals surface area contributed by atoms with Crippen LogP contribution in [0.15, 0.2) is 0 Å². The van der Waals surface area contributed by atoms with Crippen LogP contribution < -0.4 is 33.2 Å². The molecule has 0 spiro atoms. The maximum atomic E-state index is 12.7. The molecule has 0 aromatic carbocycles. The number of aliphatic carboxylic acids is 2. The van der Waals surface area contributed by atoms with E-state index in [1.165, 1.54) is 0 Å². The second-order valence-corrected chi connectivity index (χ2v) is 8.18. The summed E-state index contributed by atoms with van der Waals surface area (Å²) in [5, 5.41) is 25.3. The van der Waals surface area contributed by atoms with Crippen molar-refractivity contribution < 1.29 is 39.0 Å². The van der Waals surface area contributed by atoms with Crippen molar-refractivity contribution in [2.75, 3.05) is 6.54 Å². The highest BCUT2D eigenvalue weighted by molar-refractivity contribution is 5.95. The van der Waals surface area contributed by atoms with Gasteiger partial charge in [0.25, 0.3) is 0 Å². The summed E-state index contributed by atoms with van der Waals surface area (Å²) in [5.41, 5.74) is 16.2. The zero-order valence-corrected chi connectivity index (χ0v) is 19.4. The van der Waals surface area contributed by atoms with Crippen LogP contribution in [-0.2, 0) is 28.8 Å². The molecular weight excluding hydrogens is 452 g/mol. The lowest BCUT2D eigenvalue weighted by Crippen LogP contribution is -2.58. The van der Waals surface area contributed by atoms with Crippen molar-refractivity contribution in [1.82, 2.24) is 16.0 Å². The molecule has 11 N–H and O–H groups in total. The molecule has 0 saturated carbocycles. The molecule has 4 unspecified atom stereocenters. The minimum Gasteiger partial charge on any atom is -0.481 e. The fraction of sp³-hybridized carbons (Fsp3) is 0.700. The quantitative estimate of drug-likeness (QED) is 0.0988. The van der Waals surface area contributed by atoms with Crippen LogP contribution in [0.2, 0.25) is 0 Å². The molecular formula is C20H36N6O8. The molecule has 0 bridgehead atoms. The van der Waals surface area contributed by atoms with Gasteiger partial charge in [0.1, 0.15) is 18.1 Å².